The van der Waals surface area contributed by atoms with E-state index in [9.17, 15) is 4.39 Å². The fourth-order valence-corrected chi connectivity index (χ4v) is 2.22. The van der Waals surface area contributed by atoms with Crippen molar-refractivity contribution in [2.24, 2.45) is 0 Å². The molecule has 0 amide bonds. The molecule has 0 unspecified atom stereocenters. The van der Waals surface area contributed by atoms with Crippen LogP contribution in [0.15, 0.2) is 42.5 Å². The summed E-state index contributed by atoms with van der Waals surface area (Å²) in [4.78, 5) is 0. The second-order valence-corrected chi connectivity index (χ2v) is 5.43. The van der Waals surface area contributed by atoms with Gasteiger partial charge in [0.2, 0.25) is 0 Å². The highest BCUT2D eigenvalue weighted by Crippen LogP contribution is 2.13. The first-order valence-corrected chi connectivity index (χ1v) is 7.04. The summed E-state index contributed by atoms with van der Waals surface area (Å²) in [7, 11) is 0. The van der Waals surface area contributed by atoms with Crippen molar-refractivity contribution in [1.29, 1.82) is 0 Å². The summed E-state index contributed by atoms with van der Waals surface area (Å²) < 4.78 is 19.4. The summed E-state index contributed by atoms with van der Waals surface area (Å²) in [5.74, 6) is 0.410. The molecule has 0 saturated carbocycles. The summed E-state index contributed by atoms with van der Waals surface area (Å²) in [5, 5.41) is 0. The van der Waals surface area contributed by atoms with Crippen molar-refractivity contribution in [2.45, 2.75) is 27.0 Å². The maximum atomic E-state index is 13.8. The van der Waals surface area contributed by atoms with Gasteiger partial charge in [-0.25, -0.2) is 4.39 Å². The number of benzene rings is 2. The number of ether oxygens (including phenoxy) is 1. The molecule has 2 aromatic rings. The van der Waals surface area contributed by atoms with Crippen molar-refractivity contribution in [3.8, 4) is 5.75 Å². The average molecular weight is 272 g/mol. The molecule has 0 fully saturated rings. The highest BCUT2D eigenvalue weighted by molar-refractivity contribution is 6.70. The van der Waals surface area contributed by atoms with Crippen LogP contribution in [-0.2, 0) is 6.42 Å². The predicted octanol–water partition coefficient (Wildman–Crippen LogP) is 3.96. The van der Waals surface area contributed by atoms with Gasteiger partial charge in [-0.3, -0.25) is 0 Å². The fourth-order valence-electron chi connectivity index (χ4n) is 2.22. The summed E-state index contributed by atoms with van der Waals surface area (Å²) in [6.07, 6.45) is 0.829. The topological polar surface area (TPSA) is 9.23 Å². The van der Waals surface area contributed by atoms with Crippen LogP contribution in [0.2, 0.25) is 13.6 Å². The first kappa shape index (κ1) is 14.6. The monoisotopic (exact) mass is 272 g/mol. The first-order valence-electron chi connectivity index (χ1n) is 7.04. The fraction of sp³-hybridized carbons (Fsp3) is 0.294. The van der Waals surface area contributed by atoms with Crippen LogP contribution in [0.3, 0.4) is 0 Å². The molecule has 0 N–H and O–H groups in total. The summed E-state index contributed by atoms with van der Waals surface area (Å²) in [5.41, 5.74) is 3.22. The lowest BCUT2D eigenvalue weighted by atomic mass is 9.49. The lowest BCUT2D eigenvalue weighted by Gasteiger charge is -2.09. The van der Waals surface area contributed by atoms with Gasteiger partial charge < -0.3 is 4.74 Å². The maximum absolute atomic E-state index is 13.8. The zero-order valence-electron chi connectivity index (χ0n) is 12.3. The van der Waals surface area contributed by atoms with Gasteiger partial charge in [0, 0.05) is 13.9 Å². The van der Waals surface area contributed by atoms with Crippen LogP contribution < -0.4 is 10.2 Å². The minimum absolute atomic E-state index is 0. The van der Waals surface area contributed by atoms with E-state index >= 15 is 0 Å². The van der Waals surface area contributed by atoms with Crippen LogP contribution >= 0.6 is 0 Å². The highest BCUT2D eigenvalue weighted by atomic mass is 19.1. The van der Waals surface area contributed by atoms with Gasteiger partial charge in [0.1, 0.15) is 11.6 Å². The molecule has 0 atom stereocenters. The summed E-state index contributed by atoms with van der Waals surface area (Å²) >= 11 is 0. The van der Waals surface area contributed by atoms with E-state index in [-0.39, 0.29) is 14.0 Å². The van der Waals surface area contributed by atoms with E-state index in [2.05, 4.69) is 25.1 Å². The zero-order valence-corrected chi connectivity index (χ0v) is 12.3. The Morgan fingerprint density at radius 1 is 1.15 bits per heavy atom. The van der Waals surface area contributed by atoms with E-state index in [0.717, 1.165) is 11.9 Å². The molecule has 2 rings (SSSR count). The second-order valence-electron chi connectivity index (χ2n) is 5.43. The van der Waals surface area contributed by atoms with Crippen molar-refractivity contribution in [2.75, 3.05) is 6.61 Å². The molecule has 106 valence electrons. The molecular weight excluding hydrogens is 250 g/mol. The van der Waals surface area contributed by atoms with E-state index in [1.54, 1.807) is 0 Å². The normalized spacial score (nSPS) is 10.4. The molecule has 0 aliphatic carbocycles. The van der Waals surface area contributed by atoms with E-state index in [0.29, 0.717) is 12.4 Å². The lowest BCUT2D eigenvalue weighted by molar-refractivity contribution is 0.320. The smallest absolute Gasteiger partial charge is 0.173 e. The molecule has 0 bridgehead atoms. The number of halogens is 1. The van der Waals surface area contributed by atoms with Crippen molar-refractivity contribution in [3.05, 3.63) is 59.4 Å². The quantitative estimate of drug-likeness (QED) is 0.748. The lowest BCUT2D eigenvalue weighted by Crippen LogP contribution is -2.25. The highest BCUT2D eigenvalue weighted by Gasteiger charge is 2.10. The SMILES string of the molecule is CB(C)c1ccc(OCCc2cccc(C)c2)cc1F.[HH]. The maximum Gasteiger partial charge on any atom is 0.173 e. The number of aryl methyl sites for hydroxylation is 1. The van der Waals surface area contributed by atoms with Crippen LogP contribution in [-0.4, -0.2) is 13.3 Å². The third-order valence-electron chi connectivity index (χ3n) is 3.34. The van der Waals surface area contributed by atoms with E-state index in [1.807, 2.05) is 31.8 Å². The van der Waals surface area contributed by atoms with E-state index in [1.165, 1.54) is 17.2 Å². The van der Waals surface area contributed by atoms with Crippen molar-refractivity contribution >= 4 is 12.2 Å². The number of hydrogen-bond acceptors (Lipinski definition) is 1. The molecule has 0 aliphatic rings. The Kier molecular flexibility index (Phi) is 4.83. The Hall–Kier alpha value is -1.77. The van der Waals surface area contributed by atoms with Gasteiger partial charge >= 0.3 is 0 Å². The third kappa shape index (κ3) is 3.86. The van der Waals surface area contributed by atoms with Gasteiger partial charge in [-0.05, 0) is 24.0 Å². The Bertz CT molecular complexity index is 587. The molecule has 0 spiro atoms. The van der Waals surface area contributed by atoms with E-state index < -0.39 is 0 Å². The Morgan fingerprint density at radius 3 is 2.60 bits per heavy atom. The molecule has 20 heavy (non-hydrogen) atoms. The van der Waals surface area contributed by atoms with Crippen molar-refractivity contribution < 1.29 is 10.6 Å². The van der Waals surface area contributed by atoms with Crippen LogP contribution in [0, 0.1) is 12.7 Å². The molecule has 0 aliphatic heterocycles. The molecule has 1 nitrogen and oxygen atoms in total. The first-order chi connectivity index (χ1) is 9.56. The molecule has 3 heteroatoms. The molecular formula is C17H22BFO. The van der Waals surface area contributed by atoms with E-state index in [4.69, 9.17) is 4.74 Å². The van der Waals surface area contributed by atoms with Crippen LogP contribution in [0.5, 0.6) is 5.75 Å². The molecule has 0 heterocycles. The van der Waals surface area contributed by atoms with Gasteiger partial charge in [-0.2, -0.15) is 0 Å². The molecule has 0 aromatic heterocycles. The molecule has 0 saturated heterocycles. The third-order valence-corrected chi connectivity index (χ3v) is 3.34. The molecule has 2 aromatic carbocycles. The van der Waals surface area contributed by atoms with Crippen molar-refractivity contribution in [3.63, 3.8) is 0 Å². The Morgan fingerprint density at radius 2 is 1.95 bits per heavy atom. The summed E-state index contributed by atoms with van der Waals surface area (Å²) in [6, 6.07) is 13.5. The minimum Gasteiger partial charge on any atom is -0.493 e. The van der Waals surface area contributed by atoms with Gasteiger partial charge in [0.15, 0.2) is 6.71 Å². The Balaban J connectivity index is 0.00000220. The standard InChI is InChI=1S/C17H20BFO.H2/c1-13-5-4-6-14(11-13)9-10-20-15-7-8-16(18(2)3)17(19)12-15;/h4-8,11-12H,9-10H2,1-3H3;1H. The minimum atomic E-state index is -0.187. The number of hydrogen-bond donors (Lipinski definition) is 0. The average Bonchev–Trinajstić information content (AvgIpc) is 2.38. The van der Waals surface area contributed by atoms with Gasteiger partial charge in [0.25, 0.3) is 0 Å². The Labute approximate surface area is 122 Å². The second kappa shape index (κ2) is 6.60. The zero-order chi connectivity index (χ0) is 14.5. The van der Waals surface area contributed by atoms with Crippen molar-refractivity contribution in [1.82, 2.24) is 0 Å². The van der Waals surface area contributed by atoms with Gasteiger partial charge in [-0.1, -0.05) is 49.5 Å². The number of rotatable bonds is 5. The van der Waals surface area contributed by atoms with Gasteiger partial charge in [0.05, 0.1) is 6.61 Å². The van der Waals surface area contributed by atoms with Crippen LogP contribution in [0.4, 0.5) is 4.39 Å². The largest absolute Gasteiger partial charge is 0.493 e. The van der Waals surface area contributed by atoms with Crippen LogP contribution in [0.1, 0.15) is 12.6 Å². The summed E-state index contributed by atoms with van der Waals surface area (Å²) in [6.45, 7) is 6.79. The van der Waals surface area contributed by atoms with Gasteiger partial charge in [-0.15, -0.1) is 0 Å². The predicted molar refractivity (Wildman–Crippen MR) is 86.0 cm³/mol. The molecule has 0 radical (unpaired) electrons. The van der Waals surface area contributed by atoms with Crippen LogP contribution in [0.25, 0.3) is 0 Å².